The Labute approximate surface area is 832 Å². The molecule has 4 aromatic carbocycles. The van der Waals surface area contributed by atoms with Crippen molar-refractivity contribution >= 4 is 65.1 Å². The lowest BCUT2D eigenvalue weighted by atomic mass is 9.89. The molecule has 36 heteroatoms. The second-order valence-corrected chi connectivity index (χ2v) is 38.9. The molecule has 0 bridgehead atoms. The molecule has 794 valence electrons. The summed E-state index contributed by atoms with van der Waals surface area (Å²) in [5, 5.41) is 123. The van der Waals surface area contributed by atoms with E-state index in [0.717, 1.165) is 67.2 Å². The van der Waals surface area contributed by atoms with E-state index < -0.39 is 159 Å². The molecular formula is C105H168N10O26. The number of benzene rings is 4. The number of ketones is 2. The van der Waals surface area contributed by atoms with Gasteiger partial charge in [-0.05, 0) is 120 Å². The van der Waals surface area contributed by atoms with Gasteiger partial charge in [0.05, 0.1) is 62.8 Å². The van der Waals surface area contributed by atoms with Gasteiger partial charge in [-0.15, -0.1) is 0 Å². The normalized spacial score (nSPS) is 20.5. The van der Waals surface area contributed by atoms with Crippen LogP contribution in [0, 0.1) is 35.5 Å². The van der Waals surface area contributed by atoms with Crippen molar-refractivity contribution in [3.63, 3.8) is 0 Å². The number of rotatable bonds is 67. The molecule has 3 aliphatic rings. The number of carbonyl (C=O) groups is 9. The minimum Gasteiger partial charge on any atom is -0.449 e. The van der Waals surface area contributed by atoms with E-state index in [9.17, 15) is 94.2 Å². The first-order valence-electron chi connectivity index (χ1n) is 51.5. The van der Waals surface area contributed by atoms with E-state index in [0.29, 0.717) is 54.6 Å². The summed E-state index contributed by atoms with van der Waals surface area (Å²) in [6.45, 7) is 13.5. The number of urea groups is 2. The van der Waals surface area contributed by atoms with Gasteiger partial charge in [0.2, 0.25) is 11.8 Å². The van der Waals surface area contributed by atoms with Gasteiger partial charge in [0.1, 0.15) is 68.7 Å². The number of amides is 9. The molecule has 2 fully saturated rings. The smallest absolute Gasteiger partial charge is 0.407 e. The van der Waals surface area contributed by atoms with Gasteiger partial charge in [-0.2, -0.15) is 0 Å². The van der Waals surface area contributed by atoms with Gasteiger partial charge in [0.25, 0.3) is 0 Å². The minimum absolute atomic E-state index is 0.0605. The summed E-state index contributed by atoms with van der Waals surface area (Å²) in [6, 6.07) is 23.8. The number of aliphatic hydroxyl groups is 10. The van der Waals surface area contributed by atoms with Gasteiger partial charge in [0.15, 0.2) is 24.1 Å². The van der Waals surface area contributed by atoms with E-state index in [4.69, 9.17) is 50.4 Å². The molecule has 1 aliphatic carbocycles. The summed E-state index contributed by atoms with van der Waals surface area (Å²) in [6.07, 6.45) is 11.1. The molecule has 2 saturated heterocycles. The predicted octanol–water partition coefficient (Wildman–Crippen LogP) is 11.8. The van der Waals surface area contributed by atoms with Crippen LogP contribution in [0.1, 0.15) is 289 Å². The highest BCUT2D eigenvalue weighted by atomic mass is 16.7. The molecule has 20 atom stereocenters. The number of primary amides is 2. The molecule has 0 radical (unpaired) electrons. The van der Waals surface area contributed by atoms with Crippen LogP contribution in [-0.2, 0) is 65.5 Å². The molecule has 9 amide bonds. The van der Waals surface area contributed by atoms with Crippen LogP contribution in [-0.4, -0.2) is 249 Å². The van der Waals surface area contributed by atoms with Gasteiger partial charge in [-0.25, -0.2) is 24.0 Å². The zero-order valence-electron chi connectivity index (χ0n) is 84.2. The lowest BCUT2D eigenvalue weighted by Gasteiger charge is -2.40. The van der Waals surface area contributed by atoms with E-state index in [1.807, 2.05) is 76.2 Å². The summed E-state index contributed by atoms with van der Waals surface area (Å²) >= 11 is 0. The molecule has 4 aromatic rings. The number of nitrogens with one attached hydrogen (secondary N) is 7. The molecule has 0 spiro atoms. The third-order valence-corrected chi connectivity index (χ3v) is 26.8. The van der Waals surface area contributed by atoms with Crippen molar-refractivity contribution in [2.75, 3.05) is 56.8 Å². The number of alkyl carbamates (subject to hydrolysis) is 3. The van der Waals surface area contributed by atoms with Crippen LogP contribution in [0.25, 0.3) is 11.1 Å². The average Bonchev–Trinajstić information content (AvgIpc) is 1.61. The first-order chi connectivity index (χ1) is 67.6. The molecule has 141 heavy (non-hydrogen) atoms. The fraction of sp³-hybridized carbons (Fsp3) is 0.686. The van der Waals surface area contributed by atoms with Crippen LogP contribution in [0.2, 0.25) is 0 Å². The molecule has 0 saturated carbocycles. The Morgan fingerprint density at radius 1 is 0.404 bits per heavy atom. The third kappa shape index (κ3) is 43.4. The molecule has 36 nitrogen and oxygen atoms in total. The monoisotopic (exact) mass is 1990 g/mol. The highest BCUT2D eigenvalue weighted by Gasteiger charge is 2.47. The second-order valence-electron chi connectivity index (χ2n) is 38.9. The second kappa shape index (κ2) is 66.8. The van der Waals surface area contributed by atoms with Crippen molar-refractivity contribution in [2.45, 2.75) is 378 Å². The highest BCUT2D eigenvalue weighted by molar-refractivity contribution is 5.98. The fourth-order valence-electron chi connectivity index (χ4n) is 17.8. The van der Waals surface area contributed by atoms with E-state index >= 15 is 0 Å². The molecule has 23 N–H and O–H groups in total. The van der Waals surface area contributed by atoms with Gasteiger partial charge in [-0.1, -0.05) is 282 Å². The maximum absolute atomic E-state index is 14.0. The standard InChI is InChI=1S/C60H89N5O14.C45H79N5O12/c1-5-6-7-8-9-10-11-12-13-14-15-16-22-39(4)52(68)48(37-76-57-55(71)54(70)53(69)50(34-66)79-57)64-59(74)77-35-40-28-30-42(31-29-40)63-56(72)41(23-21-32-62-58(61)73)33-49(67)51(38(2)3)65-60(75)78-36-47-45-26-19-17-24-43(45)44-25-18-20-27-46(44)47;1-5-6-7-8-9-10-11-12-13-14-15-16-18-30(4)38(53)34(28-60-43-41(56)40(55)39(54)36(26-51)62-43)50-45(59)61-27-31-20-22-33(23-21-31)49-42(57)32(19-17-24-48-44(47)58)25-35(52)37(46)29(2)3/h17-20,24-31,38-39,41,47-48,50-55,57,66,68-71H,5-16,21-23,32-37H2,1-4H3,(H,63,72)(H,64,74)(H,65,75)(H3,61,62,73);20-23,29-30,32,34,36-41,43,51,53-56H,5-19,24-28,46H2,1-4H3,(H,49,57)(H,50,59)(H3,47,48,58)/t39-,41-,48+,50?,51?,52-,53+,54+,55?,57+;30-,32-,34+,36?,37+,38-,39+,40+,41?,43+/m11/s1. The van der Waals surface area contributed by atoms with Crippen LogP contribution in [0.4, 0.5) is 35.3 Å². The number of anilines is 2. The third-order valence-electron chi connectivity index (χ3n) is 26.8. The van der Waals surface area contributed by atoms with E-state index in [2.05, 4.69) is 51.1 Å². The Morgan fingerprint density at radius 2 is 0.752 bits per heavy atom. The summed E-state index contributed by atoms with van der Waals surface area (Å²) in [5.74, 6) is -4.20. The number of unbranched alkanes of at least 4 members (excludes halogenated alkanes) is 22. The maximum Gasteiger partial charge on any atom is 0.407 e. The lowest BCUT2D eigenvalue weighted by molar-refractivity contribution is -0.303. The molecule has 2 heterocycles. The zero-order chi connectivity index (χ0) is 103. The zero-order valence-corrected chi connectivity index (χ0v) is 84.2. The van der Waals surface area contributed by atoms with Crippen molar-refractivity contribution < 1.29 is 127 Å². The van der Waals surface area contributed by atoms with Crippen LogP contribution in [0.3, 0.4) is 0 Å². The highest BCUT2D eigenvalue weighted by Crippen LogP contribution is 2.45. The Morgan fingerprint density at radius 3 is 1.10 bits per heavy atom. The molecular weight excluding hydrogens is 1820 g/mol. The minimum atomic E-state index is -1.68. The number of nitrogens with two attached hydrogens (primary N) is 3. The Kier molecular flexibility index (Phi) is 57.1. The number of carbonyl (C=O) groups excluding carboxylic acids is 9. The molecule has 0 aromatic heterocycles. The summed E-state index contributed by atoms with van der Waals surface area (Å²) in [7, 11) is 0. The van der Waals surface area contributed by atoms with Gasteiger partial charge in [0, 0.05) is 55.1 Å². The summed E-state index contributed by atoms with van der Waals surface area (Å²) < 4.78 is 39.3. The SMILES string of the molecule is CCCCCCCCCCCCCC[C@@H](C)[C@@H](O)[C@H](CO[C@H]1OC(CO)[C@H](O)[C@H](O)C1O)NC(=O)OCc1ccc(NC(=O)[C@H](CCCNC(N)=O)CC(=O)C(NC(=O)OCC2c3ccccc3-c3ccccc32)C(C)C)cc1.CCCCCCCCCCCCCC[C@@H](C)[C@@H](O)[C@H](CO[C@H]1OC(CO)[C@H](O)[C@H](O)C1O)NC(=O)OCc1ccc(NC(=O)[C@H](CCCNC(N)=O)CC(=O)[C@@H](N)C(C)C)cc1. The van der Waals surface area contributed by atoms with Crippen molar-refractivity contribution in [3.8, 4) is 11.1 Å². The van der Waals surface area contributed by atoms with E-state index in [1.54, 1.807) is 62.4 Å². The fourth-order valence-corrected chi connectivity index (χ4v) is 17.8. The number of hydrogen-bond donors (Lipinski definition) is 20. The van der Waals surface area contributed by atoms with Crippen molar-refractivity contribution in [2.24, 2.45) is 52.7 Å². The average molecular weight is 1990 g/mol. The Bertz CT molecular complexity index is 4220. The van der Waals surface area contributed by atoms with E-state index in [-0.39, 0.29) is 112 Å². The van der Waals surface area contributed by atoms with Crippen molar-refractivity contribution in [3.05, 3.63) is 119 Å². The maximum atomic E-state index is 14.0. The molecule has 7 rings (SSSR count). The first-order valence-corrected chi connectivity index (χ1v) is 51.5. The largest absolute Gasteiger partial charge is 0.449 e. The van der Waals surface area contributed by atoms with Crippen LogP contribution < -0.4 is 54.4 Å². The number of fused-ring (bicyclic) bond motifs is 3. The molecule has 5 unspecified atom stereocenters. The topological polar surface area (TPSA) is 583 Å². The van der Waals surface area contributed by atoms with Crippen molar-refractivity contribution in [1.82, 2.24) is 26.6 Å². The van der Waals surface area contributed by atoms with Crippen LogP contribution in [0.15, 0.2) is 97.1 Å². The van der Waals surface area contributed by atoms with Crippen LogP contribution in [0.5, 0.6) is 0 Å². The molecule has 2 aliphatic heterocycles. The quantitative estimate of drug-likeness (QED) is 0.0144. The van der Waals surface area contributed by atoms with Crippen molar-refractivity contribution in [1.29, 1.82) is 0 Å². The summed E-state index contributed by atoms with van der Waals surface area (Å²) in [4.78, 5) is 116. The first kappa shape index (κ1) is 121. The number of ether oxygens (including phenoxy) is 7. The van der Waals surface area contributed by atoms with E-state index in [1.165, 1.54) is 109 Å². The van der Waals surface area contributed by atoms with Gasteiger partial charge < -0.3 is 139 Å². The number of aliphatic hydroxyl groups excluding tert-OH is 10. The predicted molar refractivity (Wildman–Crippen MR) is 535 cm³/mol. The van der Waals surface area contributed by atoms with Gasteiger partial charge >= 0.3 is 30.3 Å². The number of hydrogen-bond acceptors (Lipinski definition) is 27. The number of Topliss-reactive ketones (excluding diaryl/α,β-unsaturated/α-hetero) is 2. The van der Waals surface area contributed by atoms with Gasteiger partial charge in [-0.3, -0.25) is 19.2 Å². The summed E-state index contributed by atoms with van der Waals surface area (Å²) in [5.41, 5.74) is 22.7. The Balaban J connectivity index is 0.000000446. The lowest BCUT2D eigenvalue weighted by Crippen LogP contribution is -2.60. The Hall–Kier alpha value is -9.09. The van der Waals surface area contributed by atoms with Crippen LogP contribution >= 0.6 is 0 Å².